The largest absolute Gasteiger partial charge is 0.435 e. The first-order chi connectivity index (χ1) is 17.6. The van der Waals surface area contributed by atoms with Gasteiger partial charge in [0.25, 0.3) is 11.5 Å². The SMILES string of the molecule is O=C(NCc1cscn1)c1ccc(C2=NOC(c3cc(C(F)(F)F)cc(C(F)(F)F)c3)(C(F)(F)F)C2)cc1. The van der Waals surface area contributed by atoms with Gasteiger partial charge < -0.3 is 10.2 Å². The van der Waals surface area contributed by atoms with Gasteiger partial charge in [-0.2, -0.15) is 39.5 Å². The highest BCUT2D eigenvalue weighted by Crippen LogP contribution is 2.50. The van der Waals surface area contributed by atoms with Crippen molar-refractivity contribution in [3.8, 4) is 0 Å². The highest BCUT2D eigenvalue weighted by atomic mass is 32.1. The van der Waals surface area contributed by atoms with E-state index in [1.54, 1.807) is 10.9 Å². The van der Waals surface area contributed by atoms with E-state index in [-0.39, 0.29) is 41.6 Å². The molecule has 1 aromatic heterocycles. The molecule has 38 heavy (non-hydrogen) atoms. The van der Waals surface area contributed by atoms with E-state index in [0.717, 1.165) is 0 Å². The Bertz CT molecular complexity index is 1320. The molecule has 0 radical (unpaired) electrons. The lowest BCUT2D eigenvalue weighted by atomic mass is 9.84. The lowest BCUT2D eigenvalue weighted by Gasteiger charge is -2.30. The Hall–Kier alpha value is -3.62. The fourth-order valence-corrected chi connectivity index (χ4v) is 4.22. The molecule has 2 heterocycles. The predicted octanol–water partition coefficient (Wildman–Crippen LogP) is 6.69. The summed E-state index contributed by atoms with van der Waals surface area (Å²) in [4.78, 5) is 20.9. The van der Waals surface area contributed by atoms with E-state index in [4.69, 9.17) is 0 Å². The first-order valence-corrected chi connectivity index (χ1v) is 11.4. The molecule has 0 bridgehead atoms. The average molecular weight is 567 g/mol. The van der Waals surface area contributed by atoms with Crippen molar-refractivity contribution in [2.24, 2.45) is 5.16 Å². The summed E-state index contributed by atoms with van der Waals surface area (Å²) in [6, 6.07) is 4.68. The second kappa shape index (κ2) is 9.60. The summed E-state index contributed by atoms with van der Waals surface area (Å²) in [5, 5.41) is 7.67. The molecule has 1 aliphatic heterocycles. The number of thiazole rings is 1. The highest BCUT2D eigenvalue weighted by molar-refractivity contribution is 7.07. The van der Waals surface area contributed by atoms with Crippen LogP contribution in [0.3, 0.4) is 0 Å². The molecule has 2 aromatic carbocycles. The Kier molecular flexibility index (Phi) is 6.93. The summed E-state index contributed by atoms with van der Waals surface area (Å²) >= 11 is 1.33. The number of carbonyl (C=O) groups excluding carboxylic acids is 1. The van der Waals surface area contributed by atoms with Gasteiger partial charge in [0.2, 0.25) is 0 Å². The van der Waals surface area contributed by atoms with Gasteiger partial charge in [-0.1, -0.05) is 17.3 Å². The number of hydrogen-bond donors (Lipinski definition) is 1. The summed E-state index contributed by atoms with van der Waals surface area (Å²) in [6.45, 7) is 0.135. The first kappa shape index (κ1) is 27.4. The van der Waals surface area contributed by atoms with E-state index >= 15 is 0 Å². The molecule has 3 aromatic rings. The number of aromatic nitrogens is 1. The molecule has 0 saturated heterocycles. The zero-order valence-electron chi connectivity index (χ0n) is 18.6. The van der Waals surface area contributed by atoms with Gasteiger partial charge in [-0.05, 0) is 35.9 Å². The fourth-order valence-electron chi connectivity index (χ4n) is 3.66. The number of amides is 1. The van der Waals surface area contributed by atoms with Crippen molar-refractivity contribution >= 4 is 23.0 Å². The third-order valence-electron chi connectivity index (χ3n) is 5.63. The summed E-state index contributed by atoms with van der Waals surface area (Å²) < 4.78 is 122. The van der Waals surface area contributed by atoms with Gasteiger partial charge in [0.1, 0.15) is 0 Å². The van der Waals surface area contributed by atoms with Crippen LogP contribution < -0.4 is 5.32 Å². The van der Waals surface area contributed by atoms with Crippen LogP contribution in [0.4, 0.5) is 39.5 Å². The minimum absolute atomic E-state index is 0.0233. The van der Waals surface area contributed by atoms with Crippen molar-refractivity contribution in [2.45, 2.75) is 37.1 Å². The van der Waals surface area contributed by atoms with Gasteiger partial charge in [-0.3, -0.25) is 4.79 Å². The number of alkyl halides is 9. The number of halogens is 9. The van der Waals surface area contributed by atoms with Crippen LogP contribution in [-0.2, 0) is 29.3 Å². The molecule has 0 aliphatic carbocycles. The van der Waals surface area contributed by atoms with E-state index in [1.807, 2.05) is 0 Å². The van der Waals surface area contributed by atoms with Gasteiger partial charge in [0, 0.05) is 22.9 Å². The highest BCUT2D eigenvalue weighted by Gasteiger charge is 2.63. The Balaban J connectivity index is 1.62. The van der Waals surface area contributed by atoms with Gasteiger partial charge in [-0.25, -0.2) is 4.98 Å². The molecular weight excluding hydrogens is 553 g/mol. The molecule has 1 unspecified atom stereocenters. The minimum Gasteiger partial charge on any atom is -0.374 e. The van der Waals surface area contributed by atoms with E-state index < -0.39 is 53.1 Å². The zero-order valence-corrected chi connectivity index (χ0v) is 19.4. The molecule has 1 N–H and O–H groups in total. The molecule has 0 saturated carbocycles. The van der Waals surface area contributed by atoms with Crippen LogP contribution in [0.25, 0.3) is 0 Å². The van der Waals surface area contributed by atoms with Crippen LogP contribution in [0.2, 0.25) is 0 Å². The molecule has 202 valence electrons. The molecule has 0 fully saturated rings. The van der Waals surface area contributed by atoms with Crippen molar-refractivity contribution in [3.63, 3.8) is 0 Å². The second-order valence-electron chi connectivity index (χ2n) is 8.17. The molecule has 1 amide bonds. The minimum atomic E-state index is -5.44. The molecule has 15 heteroatoms. The van der Waals surface area contributed by atoms with Crippen LogP contribution in [0.1, 0.15) is 44.7 Å². The van der Waals surface area contributed by atoms with Crippen molar-refractivity contribution in [1.29, 1.82) is 0 Å². The van der Waals surface area contributed by atoms with Gasteiger partial charge in [-0.15, -0.1) is 11.3 Å². The number of benzene rings is 2. The summed E-state index contributed by atoms with van der Waals surface area (Å²) in [5.74, 6) is -0.512. The number of hydrogen-bond acceptors (Lipinski definition) is 5. The van der Waals surface area contributed by atoms with Crippen LogP contribution in [0, 0.1) is 0 Å². The number of nitrogens with zero attached hydrogens (tertiary/aromatic N) is 2. The molecule has 1 aliphatic rings. The lowest BCUT2D eigenvalue weighted by molar-refractivity contribution is -0.276. The number of rotatable bonds is 5. The molecular formula is C23H14F9N3O2S. The van der Waals surface area contributed by atoms with E-state index in [1.165, 1.54) is 35.6 Å². The predicted molar refractivity (Wildman–Crippen MR) is 116 cm³/mol. The third kappa shape index (κ3) is 5.47. The lowest BCUT2D eigenvalue weighted by Crippen LogP contribution is -2.43. The second-order valence-corrected chi connectivity index (χ2v) is 8.88. The Morgan fingerprint density at radius 3 is 2.05 bits per heavy atom. The average Bonchev–Trinajstić information content (AvgIpc) is 3.52. The Morgan fingerprint density at radius 2 is 1.55 bits per heavy atom. The number of oxime groups is 1. The Labute approximate surface area is 211 Å². The summed E-state index contributed by atoms with van der Waals surface area (Å²) in [6.07, 6.45) is -17.4. The summed E-state index contributed by atoms with van der Waals surface area (Å²) in [5.41, 5.74) is -6.88. The van der Waals surface area contributed by atoms with Gasteiger partial charge in [0.05, 0.1) is 34.6 Å². The molecule has 5 nitrogen and oxygen atoms in total. The zero-order chi connectivity index (χ0) is 27.9. The molecule has 1 atom stereocenters. The third-order valence-corrected chi connectivity index (χ3v) is 6.27. The summed E-state index contributed by atoms with van der Waals surface area (Å²) in [7, 11) is 0. The van der Waals surface area contributed by atoms with E-state index in [2.05, 4.69) is 20.3 Å². The molecule has 4 rings (SSSR count). The van der Waals surface area contributed by atoms with Crippen molar-refractivity contribution in [3.05, 3.63) is 86.9 Å². The number of nitrogens with one attached hydrogen (secondary N) is 1. The van der Waals surface area contributed by atoms with Crippen molar-refractivity contribution < 1.29 is 49.1 Å². The quantitative estimate of drug-likeness (QED) is 0.350. The topological polar surface area (TPSA) is 63.6 Å². The van der Waals surface area contributed by atoms with Gasteiger partial charge >= 0.3 is 18.5 Å². The van der Waals surface area contributed by atoms with Crippen molar-refractivity contribution in [1.82, 2.24) is 10.3 Å². The monoisotopic (exact) mass is 567 g/mol. The maximum Gasteiger partial charge on any atom is 0.435 e. The van der Waals surface area contributed by atoms with Crippen LogP contribution in [0.5, 0.6) is 0 Å². The smallest absolute Gasteiger partial charge is 0.374 e. The standard InChI is InChI=1S/C23H14F9N3O2S/c24-21(25,26)15-5-14(6-16(7-15)22(27,28)29)20(23(30,31)32)8-18(35-37-20)12-1-3-13(4-2-12)19(36)33-9-17-10-38-11-34-17/h1-7,10-11H,8-9H2,(H,33,36). The number of carbonyl (C=O) groups is 1. The normalized spacial score (nSPS) is 18.2. The molecule has 0 spiro atoms. The fraction of sp³-hybridized carbons (Fsp3) is 0.261. The van der Waals surface area contributed by atoms with Crippen LogP contribution in [-0.4, -0.2) is 22.8 Å². The van der Waals surface area contributed by atoms with E-state index in [9.17, 15) is 44.3 Å². The maximum atomic E-state index is 14.2. The first-order valence-electron chi connectivity index (χ1n) is 10.5. The maximum absolute atomic E-state index is 14.2. The van der Waals surface area contributed by atoms with Crippen LogP contribution >= 0.6 is 11.3 Å². The van der Waals surface area contributed by atoms with Crippen LogP contribution in [0.15, 0.2) is 58.5 Å². The van der Waals surface area contributed by atoms with Crippen molar-refractivity contribution in [2.75, 3.05) is 0 Å². The Morgan fingerprint density at radius 1 is 0.947 bits per heavy atom. The van der Waals surface area contributed by atoms with Gasteiger partial charge in [0.15, 0.2) is 0 Å². The van der Waals surface area contributed by atoms with E-state index in [0.29, 0.717) is 5.69 Å².